The summed E-state index contributed by atoms with van der Waals surface area (Å²) in [6, 6.07) is 12.2. The molecule has 4 aromatic rings. The molecule has 0 radical (unpaired) electrons. The molecule has 2 aromatic heterocycles. The molecule has 2 heterocycles. The zero-order valence-electron chi connectivity index (χ0n) is 16.9. The van der Waals surface area contributed by atoms with E-state index in [1.807, 2.05) is 0 Å². The van der Waals surface area contributed by atoms with Crippen LogP contribution < -0.4 is 5.32 Å². The van der Waals surface area contributed by atoms with Gasteiger partial charge in [-0.05, 0) is 42.3 Å². The predicted octanol–water partition coefficient (Wildman–Crippen LogP) is 4.77. The molecule has 32 heavy (non-hydrogen) atoms. The van der Waals surface area contributed by atoms with Gasteiger partial charge in [-0.25, -0.2) is 9.37 Å². The van der Waals surface area contributed by atoms with Crippen molar-refractivity contribution in [2.45, 2.75) is 12.6 Å². The van der Waals surface area contributed by atoms with Gasteiger partial charge in [-0.3, -0.25) is 9.48 Å². The lowest BCUT2D eigenvalue weighted by molar-refractivity contribution is -0.137. The first-order chi connectivity index (χ1) is 15.2. The van der Waals surface area contributed by atoms with Crippen LogP contribution in [0.25, 0.3) is 22.3 Å². The summed E-state index contributed by atoms with van der Waals surface area (Å²) in [5, 5.41) is 7.50. The number of aromatic nitrogens is 3. The number of nitrogens with zero attached hydrogens (tertiary/aromatic N) is 3. The summed E-state index contributed by atoms with van der Waals surface area (Å²) in [6.07, 6.45) is -2.40. The van der Waals surface area contributed by atoms with Crippen LogP contribution in [0.2, 0.25) is 0 Å². The number of nitrogens with one attached hydrogen (secondary N) is 1. The van der Waals surface area contributed by atoms with Gasteiger partial charge in [0.1, 0.15) is 5.82 Å². The van der Waals surface area contributed by atoms with Crippen LogP contribution in [0, 0.1) is 5.82 Å². The number of alkyl halides is 3. The third-order valence-electron chi connectivity index (χ3n) is 5.07. The molecule has 9 heteroatoms. The topological polar surface area (TPSA) is 59.8 Å². The van der Waals surface area contributed by atoms with Crippen molar-refractivity contribution in [3.05, 3.63) is 83.3 Å². The number of halogens is 4. The number of hydrogen-bond acceptors (Lipinski definition) is 3. The van der Waals surface area contributed by atoms with Gasteiger partial charge in [0.2, 0.25) is 0 Å². The maximum absolute atomic E-state index is 13.0. The van der Waals surface area contributed by atoms with Crippen LogP contribution in [0.15, 0.2) is 60.8 Å². The third kappa shape index (κ3) is 4.46. The van der Waals surface area contributed by atoms with Crippen LogP contribution in [-0.2, 0) is 19.6 Å². The fourth-order valence-electron chi connectivity index (χ4n) is 3.35. The van der Waals surface area contributed by atoms with Gasteiger partial charge < -0.3 is 5.32 Å². The molecule has 0 saturated carbocycles. The zero-order valence-corrected chi connectivity index (χ0v) is 16.9. The van der Waals surface area contributed by atoms with Crippen molar-refractivity contribution in [1.82, 2.24) is 20.1 Å². The molecule has 0 aliphatic carbocycles. The number of pyridine rings is 1. The molecule has 0 fully saturated rings. The Hall–Kier alpha value is -3.75. The van der Waals surface area contributed by atoms with E-state index in [2.05, 4.69) is 15.4 Å². The van der Waals surface area contributed by atoms with Crippen LogP contribution in [0.1, 0.15) is 21.5 Å². The van der Waals surface area contributed by atoms with Crippen molar-refractivity contribution >= 4 is 16.9 Å². The van der Waals surface area contributed by atoms with Crippen molar-refractivity contribution in [3.63, 3.8) is 0 Å². The van der Waals surface area contributed by atoms with Crippen molar-refractivity contribution in [1.29, 1.82) is 0 Å². The highest BCUT2D eigenvalue weighted by atomic mass is 19.4. The molecule has 0 atom stereocenters. The van der Waals surface area contributed by atoms with Gasteiger partial charge in [-0.2, -0.15) is 18.3 Å². The molecule has 0 spiro atoms. The molecular weight excluding hydrogens is 424 g/mol. The first-order valence-electron chi connectivity index (χ1n) is 9.75. The number of rotatable bonds is 5. The van der Waals surface area contributed by atoms with E-state index in [0.29, 0.717) is 40.8 Å². The predicted molar refractivity (Wildman–Crippen MR) is 111 cm³/mol. The standard InChI is InChI=1S/C23H18F4N4O/c1-31-21-19(13-29-31)18(22(32)28-11-10-14-2-8-17(24)9-3-14)12-20(30-21)15-4-6-16(7-5-15)23(25,26)27/h2-9,12-13H,10-11H2,1H3,(H,28,32). The number of carbonyl (C=O) groups is 1. The summed E-state index contributed by atoms with van der Waals surface area (Å²) in [5.74, 6) is -0.690. The Morgan fingerprint density at radius 3 is 2.41 bits per heavy atom. The van der Waals surface area contributed by atoms with E-state index in [-0.39, 0.29) is 11.7 Å². The zero-order chi connectivity index (χ0) is 22.9. The molecule has 5 nitrogen and oxygen atoms in total. The van der Waals surface area contributed by atoms with Crippen molar-refractivity contribution in [2.24, 2.45) is 7.05 Å². The van der Waals surface area contributed by atoms with Crippen molar-refractivity contribution in [2.75, 3.05) is 6.54 Å². The lowest BCUT2D eigenvalue weighted by Gasteiger charge is -2.10. The fraction of sp³-hybridized carbons (Fsp3) is 0.174. The number of amides is 1. The second-order valence-electron chi connectivity index (χ2n) is 7.27. The SMILES string of the molecule is Cn1ncc2c(C(=O)NCCc3ccc(F)cc3)cc(-c3ccc(C(F)(F)F)cc3)nc21. The summed E-state index contributed by atoms with van der Waals surface area (Å²) in [7, 11) is 1.67. The second kappa shape index (κ2) is 8.41. The minimum atomic E-state index is -4.44. The molecule has 2 aromatic carbocycles. The van der Waals surface area contributed by atoms with E-state index in [0.717, 1.165) is 17.7 Å². The van der Waals surface area contributed by atoms with E-state index < -0.39 is 11.7 Å². The van der Waals surface area contributed by atoms with Crippen LogP contribution in [0.5, 0.6) is 0 Å². The van der Waals surface area contributed by atoms with Gasteiger partial charge in [0.15, 0.2) is 5.65 Å². The maximum Gasteiger partial charge on any atom is 0.416 e. The van der Waals surface area contributed by atoms with Crippen molar-refractivity contribution < 1.29 is 22.4 Å². The third-order valence-corrected chi connectivity index (χ3v) is 5.07. The van der Waals surface area contributed by atoms with Gasteiger partial charge in [0, 0.05) is 19.2 Å². The Bertz CT molecular complexity index is 1260. The maximum atomic E-state index is 13.0. The number of fused-ring (bicyclic) bond motifs is 1. The molecule has 0 aliphatic rings. The average molecular weight is 442 g/mol. The van der Waals surface area contributed by atoms with Crippen LogP contribution in [-0.4, -0.2) is 27.2 Å². The Labute approximate surface area is 180 Å². The molecule has 1 amide bonds. The molecular formula is C23H18F4N4O. The number of carbonyl (C=O) groups excluding carboxylic acids is 1. The van der Waals surface area contributed by atoms with Gasteiger partial charge in [-0.1, -0.05) is 24.3 Å². The minimum Gasteiger partial charge on any atom is -0.352 e. The lowest BCUT2D eigenvalue weighted by Crippen LogP contribution is -2.26. The minimum absolute atomic E-state index is 0.317. The summed E-state index contributed by atoms with van der Waals surface area (Å²) in [6.45, 7) is 0.324. The highest BCUT2D eigenvalue weighted by molar-refractivity contribution is 6.06. The van der Waals surface area contributed by atoms with Crippen LogP contribution >= 0.6 is 0 Å². The first kappa shape index (κ1) is 21.5. The fourth-order valence-corrected chi connectivity index (χ4v) is 3.35. The first-order valence-corrected chi connectivity index (χ1v) is 9.75. The summed E-state index contributed by atoms with van der Waals surface area (Å²) < 4.78 is 53.1. The monoisotopic (exact) mass is 442 g/mol. The van der Waals surface area contributed by atoms with E-state index in [1.54, 1.807) is 25.2 Å². The molecule has 164 valence electrons. The molecule has 0 aliphatic heterocycles. The summed E-state index contributed by atoms with van der Waals surface area (Å²) in [4.78, 5) is 17.4. The Kier molecular flexibility index (Phi) is 5.65. The lowest BCUT2D eigenvalue weighted by atomic mass is 10.0. The van der Waals surface area contributed by atoms with Gasteiger partial charge in [0.05, 0.1) is 28.4 Å². The van der Waals surface area contributed by atoms with Crippen LogP contribution in [0.3, 0.4) is 0 Å². The quantitative estimate of drug-likeness (QED) is 0.453. The summed E-state index contributed by atoms with van der Waals surface area (Å²) in [5.41, 5.74) is 1.67. The molecule has 0 unspecified atom stereocenters. The van der Waals surface area contributed by atoms with Crippen molar-refractivity contribution in [3.8, 4) is 11.3 Å². The van der Waals surface area contributed by atoms with E-state index in [4.69, 9.17) is 0 Å². The Morgan fingerprint density at radius 1 is 1.06 bits per heavy atom. The van der Waals surface area contributed by atoms with E-state index in [1.165, 1.54) is 35.1 Å². The van der Waals surface area contributed by atoms with Crippen LogP contribution in [0.4, 0.5) is 17.6 Å². The summed E-state index contributed by atoms with van der Waals surface area (Å²) >= 11 is 0. The van der Waals surface area contributed by atoms with Gasteiger partial charge >= 0.3 is 6.18 Å². The number of benzene rings is 2. The number of hydrogen-bond donors (Lipinski definition) is 1. The Balaban J connectivity index is 1.60. The van der Waals surface area contributed by atoms with E-state index in [9.17, 15) is 22.4 Å². The highest BCUT2D eigenvalue weighted by Crippen LogP contribution is 2.31. The smallest absolute Gasteiger partial charge is 0.352 e. The average Bonchev–Trinajstić information content (AvgIpc) is 3.14. The molecule has 1 N–H and O–H groups in total. The molecule has 0 bridgehead atoms. The van der Waals surface area contributed by atoms with Gasteiger partial charge in [0.25, 0.3) is 5.91 Å². The van der Waals surface area contributed by atoms with Gasteiger partial charge in [-0.15, -0.1) is 0 Å². The van der Waals surface area contributed by atoms with E-state index >= 15 is 0 Å². The Morgan fingerprint density at radius 2 is 1.75 bits per heavy atom. The largest absolute Gasteiger partial charge is 0.416 e. The molecule has 4 rings (SSSR count). The second-order valence-corrected chi connectivity index (χ2v) is 7.27. The normalized spacial score (nSPS) is 11.7. The highest BCUT2D eigenvalue weighted by Gasteiger charge is 2.30. The number of aryl methyl sites for hydroxylation is 1. The molecule has 0 saturated heterocycles.